The first-order valence-electron chi connectivity index (χ1n) is 6.13. The average Bonchev–Trinajstić information content (AvgIpc) is 2.41. The quantitative estimate of drug-likeness (QED) is 0.938. The minimum absolute atomic E-state index is 0.201. The summed E-state index contributed by atoms with van der Waals surface area (Å²) in [5, 5.41) is 9.91. The van der Waals surface area contributed by atoms with Crippen molar-refractivity contribution in [3.05, 3.63) is 58.4 Å². The van der Waals surface area contributed by atoms with Crippen LogP contribution in [-0.4, -0.2) is 23.1 Å². The van der Waals surface area contributed by atoms with Gasteiger partial charge in [0.15, 0.2) is 0 Å². The fourth-order valence-corrected chi connectivity index (χ4v) is 2.10. The molecule has 0 aliphatic rings. The van der Waals surface area contributed by atoms with Crippen molar-refractivity contribution in [2.45, 2.75) is 13.5 Å². The number of hydrogen-bond acceptors (Lipinski definition) is 3. The first kappa shape index (κ1) is 14.3. The van der Waals surface area contributed by atoms with E-state index in [1.54, 1.807) is 6.07 Å². The van der Waals surface area contributed by atoms with Crippen LogP contribution in [0.2, 0.25) is 5.02 Å². The molecule has 0 amide bonds. The topological polar surface area (TPSA) is 53.4 Å². The predicted molar refractivity (Wildman–Crippen MR) is 79.5 cm³/mol. The van der Waals surface area contributed by atoms with Crippen LogP contribution in [0.3, 0.4) is 0 Å². The highest BCUT2D eigenvalue weighted by atomic mass is 35.5. The van der Waals surface area contributed by atoms with Crippen LogP contribution in [0.4, 0.5) is 5.69 Å². The maximum absolute atomic E-state index is 11.3. The monoisotopic (exact) mass is 290 g/mol. The van der Waals surface area contributed by atoms with Gasteiger partial charge in [-0.05, 0) is 30.7 Å². The molecule has 0 spiro atoms. The fraction of sp³-hybridized carbons (Fsp3) is 0.200. The van der Waals surface area contributed by atoms with E-state index in [2.05, 4.69) is 4.98 Å². The Hall–Kier alpha value is -2.07. The highest BCUT2D eigenvalue weighted by Crippen LogP contribution is 2.22. The summed E-state index contributed by atoms with van der Waals surface area (Å²) in [6.45, 7) is 2.44. The standard InChI is InChI=1S/C15H15ClN2O2/c1-10-7-14(13(8-17-10)15(19)20)18(2)9-11-3-5-12(16)6-4-11/h3-8H,9H2,1-2H3,(H,19,20). The molecule has 0 unspecified atom stereocenters. The van der Waals surface area contributed by atoms with Crippen LogP contribution in [0, 0.1) is 6.92 Å². The Balaban J connectivity index is 2.28. The van der Waals surface area contributed by atoms with Crippen molar-refractivity contribution in [2.75, 3.05) is 11.9 Å². The number of pyridine rings is 1. The number of nitrogens with zero attached hydrogens (tertiary/aromatic N) is 2. The third-order valence-corrected chi connectivity index (χ3v) is 3.25. The number of carboxylic acid groups (broad SMARTS) is 1. The van der Waals surface area contributed by atoms with E-state index in [1.807, 2.05) is 43.1 Å². The molecular formula is C15H15ClN2O2. The van der Waals surface area contributed by atoms with Crippen LogP contribution >= 0.6 is 11.6 Å². The lowest BCUT2D eigenvalue weighted by Crippen LogP contribution is -2.20. The summed E-state index contributed by atoms with van der Waals surface area (Å²) in [6.07, 6.45) is 1.39. The van der Waals surface area contributed by atoms with Crippen LogP contribution < -0.4 is 4.90 Å². The summed E-state index contributed by atoms with van der Waals surface area (Å²) in [7, 11) is 1.86. The Morgan fingerprint density at radius 2 is 2.00 bits per heavy atom. The first-order chi connectivity index (χ1) is 9.47. The van der Waals surface area contributed by atoms with Crippen molar-refractivity contribution >= 4 is 23.3 Å². The molecule has 20 heavy (non-hydrogen) atoms. The average molecular weight is 291 g/mol. The van der Waals surface area contributed by atoms with E-state index < -0.39 is 5.97 Å². The molecular weight excluding hydrogens is 276 g/mol. The Kier molecular flexibility index (Phi) is 4.25. The van der Waals surface area contributed by atoms with Crippen LogP contribution in [0.15, 0.2) is 36.5 Å². The molecule has 0 aliphatic heterocycles. The Bertz CT molecular complexity index is 626. The summed E-state index contributed by atoms with van der Waals surface area (Å²) >= 11 is 5.85. The second kappa shape index (κ2) is 5.92. The summed E-state index contributed by atoms with van der Waals surface area (Å²) in [5.41, 5.74) is 2.70. The van der Waals surface area contributed by atoms with Crippen molar-refractivity contribution in [3.8, 4) is 0 Å². The van der Waals surface area contributed by atoms with Gasteiger partial charge in [0.05, 0.1) is 5.69 Å². The van der Waals surface area contributed by atoms with Crippen LogP contribution in [0.5, 0.6) is 0 Å². The Labute approximate surface area is 122 Å². The number of hydrogen-bond donors (Lipinski definition) is 1. The zero-order chi connectivity index (χ0) is 14.7. The van der Waals surface area contributed by atoms with Gasteiger partial charge in [-0.1, -0.05) is 23.7 Å². The summed E-state index contributed by atoms with van der Waals surface area (Å²) in [5.74, 6) is -0.976. The largest absolute Gasteiger partial charge is 0.478 e. The van der Waals surface area contributed by atoms with Crippen molar-refractivity contribution in [2.24, 2.45) is 0 Å². The number of aromatic carboxylic acids is 1. The van der Waals surface area contributed by atoms with Gasteiger partial charge in [0, 0.05) is 30.5 Å². The number of rotatable bonds is 4. The zero-order valence-electron chi connectivity index (χ0n) is 11.3. The molecule has 1 N–H and O–H groups in total. The number of carbonyl (C=O) groups is 1. The van der Waals surface area contributed by atoms with E-state index >= 15 is 0 Å². The maximum Gasteiger partial charge on any atom is 0.339 e. The lowest BCUT2D eigenvalue weighted by atomic mass is 10.1. The number of aromatic nitrogens is 1. The lowest BCUT2D eigenvalue weighted by molar-refractivity contribution is 0.0697. The number of carboxylic acids is 1. The number of aryl methyl sites for hydroxylation is 1. The fourth-order valence-electron chi connectivity index (χ4n) is 1.97. The molecule has 2 aromatic rings. The van der Waals surface area contributed by atoms with Gasteiger partial charge in [0.25, 0.3) is 0 Å². The molecule has 104 valence electrons. The van der Waals surface area contributed by atoms with Gasteiger partial charge in [-0.25, -0.2) is 4.79 Å². The van der Waals surface area contributed by atoms with Gasteiger partial charge in [0.1, 0.15) is 5.56 Å². The molecule has 4 nitrogen and oxygen atoms in total. The predicted octanol–water partition coefficient (Wildman–Crippen LogP) is 3.38. The van der Waals surface area contributed by atoms with Gasteiger partial charge >= 0.3 is 5.97 Å². The highest BCUT2D eigenvalue weighted by molar-refractivity contribution is 6.30. The van der Waals surface area contributed by atoms with Crippen molar-refractivity contribution in [1.82, 2.24) is 4.98 Å². The van der Waals surface area contributed by atoms with E-state index in [0.717, 1.165) is 11.3 Å². The minimum Gasteiger partial charge on any atom is -0.478 e. The molecule has 2 rings (SSSR count). The van der Waals surface area contributed by atoms with Crippen LogP contribution in [0.1, 0.15) is 21.6 Å². The smallest absolute Gasteiger partial charge is 0.339 e. The number of halogens is 1. The van der Waals surface area contributed by atoms with E-state index in [0.29, 0.717) is 17.3 Å². The molecule has 1 heterocycles. The molecule has 1 aromatic heterocycles. The SMILES string of the molecule is Cc1cc(N(C)Cc2ccc(Cl)cc2)c(C(=O)O)cn1. The second-order valence-electron chi connectivity index (χ2n) is 4.63. The van der Waals surface area contributed by atoms with Gasteiger partial charge in [0.2, 0.25) is 0 Å². The first-order valence-corrected chi connectivity index (χ1v) is 6.50. The Morgan fingerprint density at radius 3 is 2.60 bits per heavy atom. The Morgan fingerprint density at radius 1 is 1.35 bits per heavy atom. The van der Waals surface area contributed by atoms with Crippen LogP contribution in [0.25, 0.3) is 0 Å². The zero-order valence-corrected chi connectivity index (χ0v) is 12.1. The van der Waals surface area contributed by atoms with Crippen molar-refractivity contribution in [3.63, 3.8) is 0 Å². The number of benzene rings is 1. The summed E-state index contributed by atoms with van der Waals surface area (Å²) in [4.78, 5) is 17.2. The van der Waals surface area contributed by atoms with E-state index in [1.165, 1.54) is 6.20 Å². The molecule has 0 radical (unpaired) electrons. The van der Waals surface area contributed by atoms with Gasteiger partial charge in [-0.2, -0.15) is 0 Å². The van der Waals surface area contributed by atoms with Crippen molar-refractivity contribution in [1.29, 1.82) is 0 Å². The lowest BCUT2D eigenvalue weighted by Gasteiger charge is -2.21. The molecule has 5 heteroatoms. The summed E-state index contributed by atoms with van der Waals surface area (Å²) in [6, 6.07) is 9.27. The number of anilines is 1. The minimum atomic E-state index is -0.976. The molecule has 0 bridgehead atoms. The van der Waals surface area contributed by atoms with Crippen LogP contribution in [-0.2, 0) is 6.54 Å². The van der Waals surface area contributed by atoms with Gasteiger partial charge < -0.3 is 10.0 Å². The molecule has 0 atom stereocenters. The van der Waals surface area contributed by atoms with Gasteiger partial charge in [-0.3, -0.25) is 4.98 Å². The summed E-state index contributed by atoms with van der Waals surface area (Å²) < 4.78 is 0. The maximum atomic E-state index is 11.3. The van der Waals surface area contributed by atoms with E-state index in [-0.39, 0.29) is 5.56 Å². The third kappa shape index (κ3) is 3.27. The van der Waals surface area contributed by atoms with E-state index in [9.17, 15) is 9.90 Å². The van der Waals surface area contributed by atoms with Crippen molar-refractivity contribution < 1.29 is 9.90 Å². The molecule has 0 aliphatic carbocycles. The highest BCUT2D eigenvalue weighted by Gasteiger charge is 2.14. The van der Waals surface area contributed by atoms with E-state index in [4.69, 9.17) is 11.6 Å². The normalized spacial score (nSPS) is 10.3. The molecule has 0 saturated carbocycles. The molecule has 0 saturated heterocycles. The van der Waals surface area contributed by atoms with Gasteiger partial charge in [-0.15, -0.1) is 0 Å². The molecule has 1 aromatic carbocycles. The molecule has 0 fully saturated rings. The second-order valence-corrected chi connectivity index (χ2v) is 5.07. The third-order valence-electron chi connectivity index (χ3n) is 2.99.